The van der Waals surface area contributed by atoms with Crippen LogP contribution in [0.3, 0.4) is 0 Å². The highest BCUT2D eigenvalue weighted by atomic mass is 32.1. The molecule has 7 nitrogen and oxygen atoms in total. The Kier molecular flexibility index (Phi) is 3.15. The largest absolute Gasteiger partial charge is 0.465 e. The number of benzene rings is 1. The van der Waals surface area contributed by atoms with Crippen molar-refractivity contribution in [1.29, 1.82) is 0 Å². The fourth-order valence-corrected chi connectivity index (χ4v) is 2.65. The Morgan fingerprint density at radius 2 is 2.05 bits per heavy atom. The number of methoxy groups -OCH3 is 1. The van der Waals surface area contributed by atoms with Crippen LogP contribution in [-0.2, 0) is 4.74 Å². The van der Waals surface area contributed by atoms with Crippen LogP contribution in [0.15, 0.2) is 24.4 Å². The van der Waals surface area contributed by atoms with Gasteiger partial charge in [-0.3, -0.25) is 14.9 Å². The number of thiazole rings is 1. The van der Waals surface area contributed by atoms with E-state index in [4.69, 9.17) is 0 Å². The van der Waals surface area contributed by atoms with Crippen molar-refractivity contribution in [3.8, 4) is 0 Å². The van der Waals surface area contributed by atoms with E-state index in [9.17, 15) is 14.4 Å². The summed E-state index contributed by atoms with van der Waals surface area (Å²) in [5.41, 5.74) is 1.26. The summed E-state index contributed by atoms with van der Waals surface area (Å²) in [6.45, 7) is 0. The molecule has 21 heavy (non-hydrogen) atoms. The number of anilines is 2. The predicted molar refractivity (Wildman–Crippen MR) is 75.0 cm³/mol. The smallest absolute Gasteiger partial charge is 0.349 e. The van der Waals surface area contributed by atoms with Gasteiger partial charge in [-0.05, 0) is 18.2 Å². The number of carbonyl (C=O) groups is 3. The minimum atomic E-state index is -0.459. The summed E-state index contributed by atoms with van der Waals surface area (Å²) in [6, 6.07) is 4.79. The van der Waals surface area contributed by atoms with Gasteiger partial charge in [0.1, 0.15) is 4.88 Å². The lowest BCUT2D eigenvalue weighted by molar-refractivity contribution is 0.0605. The predicted octanol–water partition coefficient (Wildman–Crippen LogP) is 1.56. The topological polar surface area (TPSA) is 97.4 Å². The highest BCUT2D eigenvalue weighted by molar-refractivity contribution is 7.17. The summed E-state index contributed by atoms with van der Waals surface area (Å²) in [5.74, 6) is -1.28. The van der Waals surface area contributed by atoms with Crippen LogP contribution in [0.1, 0.15) is 30.4 Å². The van der Waals surface area contributed by atoms with Gasteiger partial charge in [0, 0.05) is 5.69 Å². The third-order valence-electron chi connectivity index (χ3n) is 2.88. The van der Waals surface area contributed by atoms with E-state index < -0.39 is 17.8 Å². The Balaban J connectivity index is 1.85. The molecule has 3 rings (SSSR count). The van der Waals surface area contributed by atoms with Crippen LogP contribution < -0.4 is 10.6 Å². The Labute approximate surface area is 123 Å². The SMILES string of the molecule is COC(=O)c1cnc(Nc2ccc3c(c2)C(=O)NC3=O)s1. The lowest BCUT2D eigenvalue weighted by Gasteiger charge is -2.03. The maximum Gasteiger partial charge on any atom is 0.349 e. The number of hydrogen-bond donors (Lipinski definition) is 2. The monoisotopic (exact) mass is 303 g/mol. The number of nitrogens with zero attached hydrogens (tertiary/aromatic N) is 1. The van der Waals surface area contributed by atoms with Gasteiger partial charge in [-0.1, -0.05) is 11.3 Å². The van der Waals surface area contributed by atoms with Gasteiger partial charge in [0.05, 0.1) is 24.4 Å². The van der Waals surface area contributed by atoms with E-state index in [-0.39, 0.29) is 0 Å². The second kappa shape index (κ2) is 4.98. The second-order valence-electron chi connectivity index (χ2n) is 4.19. The number of hydrogen-bond acceptors (Lipinski definition) is 7. The molecule has 0 unspecified atom stereocenters. The number of rotatable bonds is 3. The van der Waals surface area contributed by atoms with Gasteiger partial charge < -0.3 is 10.1 Å². The summed E-state index contributed by atoms with van der Waals surface area (Å²) in [6.07, 6.45) is 1.41. The maximum absolute atomic E-state index is 11.6. The first-order valence-corrected chi connectivity index (χ1v) is 6.71. The lowest BCUT2D eigenvalue weighted by Crippen LogP contribution is -2.19. The molecule has 0 atom stereocenters. The van der Waals surface area contributed by atoms with Gasteiger partial charge in [-0.15, -0.1) is 0 Å². The normalized spacial score (nSPS) is 12.8. The summed E-state index contributed by atoms with van der Waals surface area (Å²) in [4.78, 5) is 38.8. The van der Waals surface area contributed by atoms with Crippen molar-refractivity contribution in [2.24, 2.45) is 0 Å². The van der Waals surface area contributed by atoms with Crippen LogP contribution in [0.4, 0.5) is 10.8 Å². The highest BCUT2D eigenvalue weighted by Gasteiger charge is 2.26. The molecule has 0 bridgehead atoms. The average molecular weight is 303 g/mol. The zero-order valence-electron chi connectivity index (χ0n) is 10.8. The molecule has 0 saturated carbocycles. The molecule has 2 N–H and O–H groups in total. The van der Waals surface area contributed by atoms with Gasteiger partial charge in [0.2, 0.25) is 0 Å². The molecule has 2 aromatic rings. The maximum atomic E-state index is 11.6. The van der Waals surface area contributed by atoms with Gasteiger partial charge in [-0.2, -0.15) is 0 Å². The van der Waals surface area contributed by atoms with Gasteiger partial charge in [0.25, 0.3) is 11.8 Å². The quantitative estimate of drug-likeness (QED) is 0.659. The van der Waals surface area contributed by atoms with Gasteiger partial charge >= 0.3 is 5.97 Å². The Morgan fingerprint density at radius 1 is 1.29 bits per heavy atom. The fourth-order valence-electron chi connectivity index (χ4n) is 1.90. The molecule has 106 valence electrons. The van der Waals surface area contributed by atoms with Crippen molar-refractivity contribution >= 4 is 39.9 Å². The number of fused-ring (bicyclic) bond motifs is 1. The molecule has 0 radical (unpaired) electrons. The molecule has 0 fully saturated rings. The molecule has 0 spiro atoms. The minimum absolute atomic E-state index is 0.315. The van der Waals surface area contributed by atoms with E-state index in [2.05, 4.69) is 20.4 Å². The average Bonchev–Trinajstić information content (AvgIpc) is 3.04. The molecule has 2 amide bonds. The molecule has 1 aromatic carbocycles. The number of nitrogens with one attached hydrogen (secondary N) is 2. The third kappa shape index (κ3) is 2.36. The van der Waals surface area contributed by atoms with E-state index in [1.54, 1.807) is 18.2 Å². The fraction of sp³-hybridized carbons (Fsp3) is 0.0769. The molecule has 1 aromatic heterocycles. The minimum Gasteiger partial charge on any atom is -0.465 e. The van der Waals surface area contributed by atoms with Crippen LogP contribution in [-0.4, -0.2) is 29.9 Å². The number of carbonyl (C=O) groups excluding carboxylic acids is 3. The van der Waals surface area contributed by atoms with Crippen LogP contribution in [0.25, 0.3) is 0 Å². The molecule has 1 aliphatic heterocycles. The zero-order valence-corrected chi connectivity index (χ0v) is 11.6. The van der Waals surface area contributed by atoms with Crippen LogP contribution >= 0.6 is 11.3 Å². The van der Waals surface area contributed by atoms with E-state index in [0.717, 1.165) is 11.3 Å². The first kappa shape index (κ1) is 13.3. The van der Waals surface area contributed by atoms with Crippen molar-refractivity contribution in [2.45, 2.75) is 0 Å². The first-order chi connectivity index (χ1) is 10.1. The van der Waals surface area contributed by atoms with Crippen LogP contribution in [0, 0.1) is 0 Å². The Hall–Kier alpha value is -2.74. The molecule has 0 saturated heterocycles. The van der Waals surface area contributed by atoms with Crippen molar-refractivity contribution in [2.75, 3.05) is 12.4 Å². The van der Waals surface area contributed by atoms with Crippen molar-refractivity contribution < 1.29 is 19.1 Å². The number of ether oxygens (including phenoxy) is 1. The zero-order chi connectivity index (χ0) is 15.0. The van der Waals surface area contributed by atoms with E-state index in [0.29, 0.717) is 26.8 Å². The Morgan fingerprint density at radius 3 is 2.81 bits per heavy atom. The van der Waals surface area contributed by atoms with Gasteiger partial charge in [-0.25, -0.2) is 9.78 Å². The van der Waals surface area contributed by atoms with Crippen molar-refractivity contribution in [3.63, 3.8) is 0 Å². The number of aromatic nitrogens is 1. The first-order valence-electron chi connectivity index (χ1n) is 5.89. The second-order valence-corrected chi connectivity index (χ2v) is 5.22. The standard InChI is InChI=1S/C13H9N3O4S/c1-20-12(19)9-5-14-13(21-9)15-6-2-3-7-8(4-6)11(18)16-10(7)17/h2-5H,1H3,(H,14,15)(H,16,17,18). The summed E-state index contributed by atoms with van der Waals surface area (Å²) < 4.78 is 4.60. The molecular formula is C13H9N3O4S. The van der Waals surface area contributed by atoms with Gasteiger partial charge in [0.15, 0.2) is 5.13 Å². The van der Waals surface area contributed by atoms with E-state index in [1.807, 2.05) is 0 Å². The molecule has 1 aliphatic rings. The highest BCUT2D eigenvalue weighted by Crippen LogP contribution is 2.26. The molecule has 2 heterocycles. The summed E-state index contributed by atoms with van der Waals surface area (Å²) >= 11 is 1.13. The summed E-state index contributed by atoms with van der Waals surface area (Å²) in [5, 5.41) is 5.68. The molecule has 8 heteroatoms. The number of amides is 2. The molecular weight excluding hydrogens is 294 g/mol. The number of imide groups is 1. The number of esters is 1. The van der Waals surface area contributed by atoms with Crippen molar-refractivity contribution in [1.82, 2.24) is 10.3 Å². The lowest BCUT2D eigenvalue weighted by atomic mass is 10.1. The third-order valence-corrected chi connectivity index (χ3v) is 3.77. The van der Waals surface area contributed by atoms with E-state index >= 15 is 0 Å². The van der Waals surface area contributed by atoms with Crippen molar-refractivity contribution in [3.05, 3.63) is 40.4 Å². The Bertz CT molecular complexity index is 769. The van der Waals surface area contributed by atoms with Crippen LogP contribution in [0.5, 0.6) is 0 Å². The van der Waals surface area contributed by atoms with E-state index in [1.165, 1.54) is 13.3 Å². The summed E-state index contributed by atoms with van der Waals surface area (Å²) in [7, 11) is 1.30. The molecule has 0 aliphatic carbocycles. The van der Waals surface area contributed by atoms with Crippen LogP contribution in [0.2, 0.25) is 0 Å².